The van der Waals surface area contributed by atoms with Gasteiger partial charge in [-0.2, -0.15) is 0 Å². The van der Waals surface area contributed by atoms with Crippen LogP contribution in [0.5, 0.6) is 0 Å². The first kappa shape index (κ1) is 15.8. The summed E-state index contributed by atoms with van der Waals surface area (Å²) in [5, 5.41) is 0. The van der Waals surface area contributed by atoms with E-state index in [1.54, 1.807) is 0 Å². The molecule has 0 radical (unpaired) electrons. The Morgan fingerprint density at radius 3 is 1.55 bits per heavy atom. The molecule has 0 aliphatic carbocycles. The molecule has 0 bridgehead atoms. The zero-order valence-corrected chi connectivity index (χ0v) is 15.8. The zero-order valence-electron chi connectivity index (χ0n) is 12.6. The molecule has 0 fully saturated rings. The van der Waals surface area contributed by atoms with E-state index in [0.717, 1.165) is 4.47 Å². The highest BCUT2D eigenvalue weighted by Gasteiger charge is 2.19. The lowest BCUT2D eigenvalue weighted by Crippen LogP contribution is -2.05. The maximum atomic E-state index is 3.90. The van der Waals surface area contributed by atoms with Gasteiger partial charge in [-0.1, -0.05) is 44.0 Å². The van der Waals surface area contributed by atoms with Crippen molar-refractivity contribution < 1.29 is 0 Å². The van der Waals surface area contributed by atoms with E-state index in [1.807, 2.05) is 0 Å². The van der Waals surface area contributed by atoms with Crippen molar-refractivity contribution in [1.29, 1.82) is 0 Å². The van der Waals surface area contributed by atoms with Crippen molar-refractivity contribution in [2.75, 3.05) is 0 Å². The first-order valence-corrected chi connectivity index (χ1v) is 8.51. The van der Waals surface area contributed by atoms with Gasteiger partial charge in [-0.15, -0.1) is 0 Å². The van der Waals surface area contributed by atoms with Crippen LogP contribution in [0.25, 0.3) is 0 Å². The lowest BCUT2D eigenvalue weighted by Gasteiger charge is -2.22. The van der Waals surface area contributed by atoms with Crippen molar-refractivity contribution in [3.05, 3.63) is 67.7 Å². The Kier molecular flexibility index (Phi) is 4.76. The average molecular weight is 396 g/mol. The zero-order chi connectivity index (χ0) is 15.0. The van der Waals surface area contributed by atoms with Gasteiger partial charge in [0.25, 0.3) is 0 Å². The van der Waals surface area contributed by atoms with E-state index in [9.17, 15) is 0 Å². The summed E-state index contributed by atoms with van der Waals surface area (Å²) >= 11 is 7.40. The Labute approximate surface area is 138 Å². The van der Waals surface area contributed by atoms with E-state index in [4.69, 9.17) is 0 Å². The predicted molar refractivity (Wildman–Crippen MR) is 95.0 cm³/mol. The Morgan fingerprint density at radius 2 is 1.10 bits per heavy atom. The molecule has 0 spiro atoms. The molecule has 106 valence electrons. The molecule has 2 rings (SSSR count). The minimum Gasteiger partial charge on any atom is -0.0786 e. The summed E-state index contributed by atoms with van der Waals surface area (Å²) in [6, 6.07) is 8.55. The van der Waals surface area contributed by atoms with Gasteiger partial charge in [0.2, 0.25) is 0 Å². The Bertz CT molecular complexity index is 610. The summed E-state index contributed by atoms with van der Waals surface area (Å²) < 4.78 is 1.12. The molecule has 2 aromatic carbocycles. The fourth-order valence-corrected chi connectivity index (χ4v) is 3.96. The van der Waals surface area contributed by atoms with Gasteiger partial charge in [-0.25, -0.2) is 0 Å². The summed E-state index contributed by atoms with van der Waals surface area (Å²) in [6.45, 7) is 11.1. The third kappa shape index (κ3) is 2.73. The van der Waals surface area contributed by atoms with Crippen LogP contribution < -0.4 is 0 Å². The van der Waals surface area contributed by atoms with Crippen LogP contribution >= 0.6 is 31.9 Å². The van der Waals surface area contributed by atoms with Crippen molar-refractivity contribution >= 4 is 31.9 Å². The van der Waals surface area contributed by atoms with Crippen LogP contribution in [0.2, 0.25) is 0 Å². The second-order valence-corrected chi connectivity index (χ2v) is 7.28. The van der Waals surface area contributed by atoms with Gasteiger partial charge < -0.3 is 0 Å². The maximum absolute atomic E-state index is 3.90. The molecule has 0 nitrogen and oxygen atoms in total. The number of hydrogen-bond donors (Lipinski definition) is 0. The van der Waals surface area contributed by atoms with Crippen molar-refractivity contribution in [3.63, 3.8) is 0 Å². The van der Waals surface area contributed by atoms with E-state index in [0.29, 0.717) is 0 Å². The first-order chi connectivity index (χ1) is 9.34. The normalized spacial score (nSPS) is 12.6. The van der Waals surface area contributed by atoms with Crippen LogP contribution in [0, 0.1) is 34.6 Å². The first-order valence-electron chi connectivity index (χ1n) is 6.81. The highest BCUT2D eigenvalue weighted by atomic mass is 79.9. The Hall–Kier alpha value is -0.600. The van der Waals surface area contributed by atoms with Crippen molar-refractivity contribution in [3.8, 4) is 0 Å². The largest absolute Gasteiger partial charge is 0.0786 e. The number of alkyl halides is 1. The molecule has 2 heteroatoms. The molecule has 1 atom stereocenters. The van der Waals surface area contributed by atoms with Gasteiger partial charge in [-0.3, -0.25) is 0 Å². The Morgan fingerprint density at radius 1 is 0.700 bits per heavy atom. The molecule has 20 heavy (non-hydrogen) atoms. The van der Waals surface area contributed by atoms with E-state index >= 15 is 0 Å². The Balaban J connectivity index is 2.60. The fraction of sp³-hybridized carbons (Fsp3) is 0.333. The third-order valence-corrected chi connectivity index (χ3v) is 5.99. The van der Waals surface area contributed by atoms with Crippen molar-refractivity contribution in [2.45, 2.75) is 39.4 Å². The van der Waals surface area contributed by atoms with Gasteiger partial charge in [0.1, 0.15) is 0 Å². The molecular formula is C18H20Br2. The molecule has 0 saturated heterocycles. The van der Waals surface area contributed by atoms with Gasteiger partial charge in [0, 0.05) is 4.47 Å². The topological polar surface area (TPSA) is 0 Å². The lowest BCUT2D eigenvalue weighted by atomic mass is 9.87. The standard InChI is InChI=1S/C18H20Br2/c1-10-11(2)13(4)17(14(5)12(10)3)18(20)15-6-8-16(19)9-7-15/h6-9,18H,1-5H3. The molecule has 0 aliphatic rings. The van der Waals surface area contributed by atoms with Gasteiger partial charge in [-0.05, 0) is 85.7 Å². The van der Waals surface area contributed by atoms with Crippen molar-refractivity contribution in [1.82, 2.24) is 0 Å². The number of benzene rings is 2. The van der Waals surface area contributed by atoms with E-state index < -0.39 is 0 Å². The molecule has 0 saturated carbocycles. The predicted octanol–water partition coefficient (Wildman–Crippen LogP) is 6.48. The summed E-state index contributed by atoms with van der Waals surface area (Å²) in [5.41, 5.74) is 9.73. The van der Waals surface area contributed by atoms with Crippen LogP contribution in [0.1, 0.15) is 43.8 Å². The minimum absolute atomic E-state index is 0.244. The highest BCUT2D eigenvalue weighted by Crippen LogP contribution is 2.38. The molecule has 0 aliphatic heterocycles. The fourth-order valence-electron chi connectivity index (χ4n) is 2.71. The minimum atomic E-state index is 0.244. The van der Waals surface area contributed by atoms with Crippen molar-refractivity contribution in [2.24, 2.45) is 0 Å². The molecule has 1 unspecified atom stereocenters. The van der Waals surface area contributed by atoms with E-state index in [2.05, 4.69) is 90.7 Å². The van der Waals surface area contributed by atoms with Crippen LogP contribution in [0.4, 0.5) is 0 Å². The molecule has 0 heterocycles. The monoisotopic (exact) mass is 394 g/mol. The summed E-state index contributed by atoms with van der Waals surface area (Å²) in [7, 11) is 0. The SMILES string of the molecule is Cc1c(C)c(C)c(C(Br)c2ccc(Br)cc2)c(C)c1C. The van der Waals surface area contributed by atoms with Gasteiger partial charge in [0.05, 0.1) is 4.83 Å². The second kappa shape index (κ2) is 6.03. The maximum Gasteiger partial charge on any atom is 0.0649 e. The lowest BCUT2D eigenvalue weighted by molar-refractivity contribution is 1.06. The van der Waals surface area contributed by atoms with Gasteiger partial charge in [0.15, 0.2) is 0 Å². The molecule has 0 aromatic heterocycles. The van der Waals surface area contributed by atoms with E-state index in [-0.39, 0.29) is 4.83 Å². The molecule has 0 amide bonds. The molecule has 2 aromatic rings. The van der Waals surface area contributed by atoms with Crippen LogP contribution in [-0.2, 0) is 0 Å². The summed E-state index contributed by atoms with van der Waals surface area (Å²) in [4.78, 5) is 0.244. The van der Waals surface area contributed by atoms with Crippen LogP contribution in [-0.4, -0.2) is 0 Å². The number of hydrogen-bond acceptors (Lipinski definition) is 0. The smallest absolute Gasteiger partial charge is 0.0649 e. The second-order valence-electron chi connectivity index (χ2n) is 5.45. The third-order valence-electron chi connectivity index (χ3n) is 4.47. The molecular weight excluding hydrogens is 376 g/mol. The summed E-state index contributed by atoms with van der Waals surface area (Å²) in [5.74, 6) is 0. The summed E-state index contributed by atoms with van der Waals surface area (Å²) in [6.07, 6.45) is 0. The van der Waals surface area contributed by atoms with Crippen LogP contribution in [0.3, 0.4) is 0 Å². The quantitative estimate of drug-likeness (QED) is 0.510. The molecule has 0 N–H and O–H groups in total. The number of halogens is 2. The van der Waals surface area contributed by atoms with E-state index in [1.165, 1.54) is 38.9 Å². The van der Waals surface area contributed by atoms with Crippen LogP contribution in [0.15, 0.2) is 28.7 Å². The average Bonchev–Trinajstić information content (AvgIpc) is 2.44. The van der Waals surface area contributed by atoms with Gasteiger partial charge >= 0.3 is 0 Å². The highest BCUT2D eigenvalue weighted by molar-refractivity contribution is 9.10. The number of rotatable bonds is 2.